The van der Waals surface area contributed by atoms with Gasteiger partial charge in [0.1, 0.15) is 5.69 Å². The summed E-state index contributed by atoms with van der Waals surface area (Å²) in [6.45, 7) is 1.04. The molecular weight excluding hydrogens is 239 g/mol. The summed E-state index contributed by atoms with van der Waals surface area (Å²) in [7, 11) is 0. The number of nitro benzene ring substituents is 1. The lowest BCUT2D eigenvalue weighted by Gasteiger charge is -2.07. The molecule has 0 saturated heterocycles. The highest BCUT2D eigenvalue weighted by Gasteiger charge is 2.19. The van der Waals surface area contributed by atoms with Crippen molar-refractivity contribution in [1.29, 1.82) is 0 Å². The maximum absolute atomic E-state index is 13.3. The molecule has 6 nitrogen and oxygen atoms in total. The zero-order valence-electron chi connectivity index (χ0n) is 9.41. The maximum atomic E-state index is 13.3. The third-order valence-corrected chi connectivity index (χ3v) is 2.41. The number of anilines is 1. The fraction of sp³-hybridized carbons (Fsp3) is 0.182. The van der Waals surface area contributed by atoms with E-state index < -0.39 is 16.4 Å². The summed E-state index contributed by atoms with van der Waals surface area (Å²) in [5.41, 5.74) is -0.344. The van der Waals surface area contributed by atoms with E-state index in [2.05, 4.69) is 10.3 Å². The molecule has 0 amide bonds. The molecule has 1 aromatic heterocycles. The first-order valence-electron chi connectivity index (χ1n) is 5.31. The predicted octanol–water partition coefficient (Wildman–Crippen LogP) is 2.04. The van der Waals surface area contributed by atoms with Crippen molar-refractivity contribution in [2.24, 2.45) is 0 Å². The molecule has 0 fully saturated rings. The van der Waals surface area contributed by atoms with Crippen molar-refractivity contribution >= 4 is 11.4 Å². The number of nitro groups is 1. The first-order valence-corrected chi connectivity index (χ1v) is 5.31. The second kappa shape index (κ2) is 5.26. The first kappa shape index (κ1) is 12.0. The van der Waals surface area contributed by atoms with Crippen LogP contribution in [0.1, 0.15) is 0 Å². The number of rotatable bonds is 5. The number of halogens is 1. The highest BCUT2D eigenvalue weighted by atomic mass is 19.1. The minimum Gasteiger partial charge on any atom is -0.378 e. The van der Waals surface area contributed by atoms with Crippen molar-refractivity contribution in [2.75, 3.05) is 11.9 Å². The molecule has 0 unspecified atom stereocenters. The van der Waals surface area contributed by atoms with Gasteiger partial charge < -0.3 is 9.88 Å². The van der Waals surface area contributed by atoms with Crippen LogP contribution in [0.25, 0.3) is 0 Å². The topological polar surface area (TPSA) is 73.0 Å². The number of aromatic nitrogens is 2. The Morgan fingerprint density at radius 1 is 1.50 bits per heavy atom. The molecule has 0 saturated carbocycles. The van der Waals surface area contributed by atoms with Crippen molar-refractivity contribution in [2.45, 2.75) is 6.54 Å². The third kappa shape index (κ3) is 2.62. The smallest absolute Gasteiger partial charge is 0.327 e. The summed E-state index contributed by atoms with van der Waals surface area (Å²) >= 11 is 0. The van der Waals surface area contributed by atoms with Crippen LogP contribution in [0, 0.1) is 15.9 Å². The zero-order chi connectivity index (χ0) is 13.0. The summed E-state index contributed by atoms with van der Waals surface area (Å²) in [6, 6.07) is 3.98. The molecule has 0 spiro atoms. The van der Waals surface area contributed by atoms with E-state index in [0.29, 0.717) is 13.1 Å². The summed E-state index contributed by atoms with van der Waals surface area (Å²) in [6.07, 6.45) is 5.06. The van der Waals surface area contributed by atoms with Gasteiger partial charge in [-0.3, -0.25) is 10.1 Å². The standard InChI is InChI=1S/C11H11FN4O2/c12-9-2-1-3-10(11(9)16(17)18)14-5-7-15-6-4-13-8-15/h1-4,6,8,14H,5,7H2. The molecule has 2 aromatic rings. The molecule has 0 aliphatic carbocycles. The molecule has 0 aliphatic rings. The van der Waals surface area contributed by atoms with Crippen LogP contribution in [0.15, 0.2) is 36.9 Å². The summed E-state index contributed by atoms with van der Waals surface area (Å²) in [4.78, 5) is 13.9. The van der Waals surface area contributed by atoms with Gasteiger partial charge in [-0.1, -0.05) is 6.07 Å². The van der Waals surface area contributed by atoms with Gasteiger partial charge in [0.15, 0.2) is 0 Å². The van der Waals surface area contributed by atoms with Crippen LogP contribution < -0.4 is 5.32 Å². The van der Waals surface area contributed by atoms with Crippen molar-refractivity contribution in [3.63, 3.8) is 0 Å². The van der Waals surface area contributed by atoms with Gasteiger partial charge in [-0.15, -0.1) is 0 Å². The van der Waals surface area contributed by atoms with Gasteiger partial charge in [0.25, 0.3) is 0 Å². The quantitative estimate of drug-likeness (QED) is 0.651. The second-order valence-electron chi connectivity index (χ2n) is 3.62. The van der Waals surface area contributed by atoms with Crippen LogP contribution in [-0.4, -0.2) is 21.0 Å². The number of benzene rings is 1. The van der Waals surface area contributed by atoms with E-state index >= 15 is 0 Å². The van der Waals surface area contributed by atoms with Crippen LogP contribution in [0.5, 0.6) is 0 Å². The zero-order valence-corrected chi connectivity index (χ0v) is 9.41. The Hall–Kier alpha value is -2.44. The van der Waals surface area contributed by atoms with Crippen LogP contribution in [0.3, 0.4) is 0 Å². The van der Waals surface area contributed by atoms with E-state index in [-0.39, 0.29) is 5.69 Å². The molecule has 7 heteroatoms. The average Bonchev–Trinajstić information content (AvgIpc) is 2.81. The van der Waals surface area contributed by atoms with Gasteiger partial charge >= 0.3 is 5.69 Å². The predicted molar refractivity (Wildman–Crippen MR) is 63.8 cm³/mol. The Morgan fingerprint density at radius 2 is 2.33 bits per heavy atom. The van der Waals surface area contributed by atoms with Crippen molar-refractivity contribution < 1.29 is 9.31 Å². The van der Waals surface area contributed by atoms with E-state index in [1.807, 2.05) is 4.57 Å². The fourth-order valence-electron chi connectivity index (χ4n) is 1.58. The SMILES string of the molecule is O=[N+]([O-])c1c(F)cccc1NCCn1ccnc1. The Kier molecular flexibility index (Phi) is 3.52. The number of para-hydroxylation sites is 1. The van der Waals surface area contributed by atoms with Gasteiger partial charge in [-0.2, -0.15) is 4.39 Å². The van der Waals surface area contributed by atoms with Gasteiger partial charge in [0.05, 0.1) is 11.3 Å². The highest BCUT2D eigenvalue weighted by Crippen LogP contribution is 2.26. The molecule has 1 N–H and O–H groups in total. The van der Waals surface area contributed by atoms with Crippen molar-refractivity contribution in [3.8, 4) is 0 Å². The molecule has 0 aliphatic heterocycles. The Balaban J connectivity index is 2.05. The number of nitrogens with zero attached hydrogens (tertiary/aromatic N) is 3. The number of hydrogen-bond donors (Lipinski definition) is 1. The van der Waals surface area contributed by atoms with E-state index in [1.165, 1.54) is 12.1 Å². The lowest BCUT2D eigenvalue weighted by molar-refractivity contribution is -0.386. The Morgan fingerprint density at radius 3 is 3.00 bits per heavy atom. The molecule has 0 atom stereocenters. The van der Waals surface area contributed by atoms with Crippen molar-refractivity contribution in [3.05, 3.63) is 52.9 Å². The molecule has 0 radical (unpaired) electrons. The minimum atomic E-state index is -0.840. The number of hydrogen-bond acceptors (Lipinski definition) is 4. The average molecular weight is 250 g/mol. The van der Waals surface area contributed by atoms with E-state index in [1.54, 1.807) is 18.7 Å². The molecule has 0 bridgehead atoms. The largest absolute Gasteiger partial charge is 0.378 e. The Bertz CT molecular complexity index is 542. The van der Waals surface area contributed by atoms with E-state index in [4.69, 9.17) is 0 Å². The Labute approximate surface area is 102 Å². The molecule has 1 aromatic carbocycles. The van der Waals surface area contributed by atoms with Crippen molar-refractivity contribution in [1.82, 2.24) is 9.55 Å². The summed E-state index contributed by atoms with van der Waals surface area (Å²) < 4.78 is 15.1. The lowest BCUT2D eigenvalue weighted by Crippen LogP contribution is -2.10. The van der Waals surface area contributed by atoms with Gasteiger partial charge in [0, 0.05) is 25.5 Å². The third-order valence-electron chi connectivity index (χ3n) is 2.41. The molecule has 94 valence electrons. The molecule has 18 heavy (non-hydrogen) atoms. The van der Waals surface area contributed by atoms with Crippen LogP contribution in [0.4, 0.5) is 15.8 Å². The number of nitrogens with one attached hydrogen (secondary N) is 1. The summed E-state index contributed by atoms with van der Waals surface area (Å²) in [5.74, 6) is -0.840. The van der Waals surface area contributed by atoms with E-state index in [0.717, 1.165) is 6.07 Å². The first-order chi connectivity index (χ1) is 8.68. The second-order valence-corrected chi connectivity index (χ2v) is 3.62. The molecular formula is C11H11FN4O2. The molecule has 1 heterocycles. The normalized spacial score (nSPS) is 10.3. The minimum absolute atomic E-state index is 0.181. The molecule has 2 rings (SSSR count). The highest BCUT2D eigenvalue weighted by molar-refractivity contribution is 5.61. The summed E-state index contributed by atoms with van der Waals surface area (Å²) in [5, 5.41) is 13.6. The fourth-order valence-corrected chi connectivity index (χ4v) is 1.58. The lowest BCUT2D eigenvalue weighted by atomic mass is 10.2. The number of imidazole rings is 1. The maximum Gasteiger partial charge on any atom is 0.327 e. The van der Waals surface area contributed by atoms with Crippen LogP contribution >= 0.6 is 0 Å². The van der Waals surface area contributed by atoms with Crippen LogP contribution in [-0.2, 0) is 6.54 Å². The van der Waals surface area contributed by atoms with Gasteiger partial charge in [0.2, 0.25) is 5.82 Å². The van der Waals surface area contributed by atoms with Gasteiger partial charge in [-0.05, 0) is 12.1 Å². The van der Waals surface area contributed by atoms with Crippen LogP contribution in [0.2, 0.25) is 0 Å². The van der Waals surface area contributed by atoms with E-state index in [9.17, 15) is 14.5 Å². The van der Waals surface area contributed by atoms with Gasteiger partial charge in [-0.25, -0.2) is 4.98 Å². The monoisotopic (exact) mass is 250 g/mol.